The zero-order chi connectivity index (χ0) is 17.6. The predicted molar refractivity (Wildman–Crippen MR) is 79.3 cm³/mol. The molecule has 0 fully saturated rings. The van der Waals surface area contributed by atoms with E-state index in [1.165, 1.54) is 4.68 Å². The molecule has 0 aromatic carbocycles. The summed E-state index contributed by atoms with van der Waals surface area (Å²) < 4.78 is 42.8. The zero-order valence-corrected chi connectivity index (χ0v) is 13.5. The molecule has 0 N–H and O–H groups in total. The van der Waals surface area contributed by atoms with Crippen molar-refractivity contribution in [2.75, 3.05) is 6.54 Å². The lowest BCUT2D eigenvalue weighted by molar-refractivity contribution is -0.142. The van der Waals surface area contributed by atoms with Crippen molar-refractivity contribution in [3.63, 3.8) is 0 Å². The van der Waals surface area contributed by atoms with E-state index in [1.54, 1.807) is 11.2 Å². The lowest BCUT2D eigenvalue weighted by Crippen LogP contribution is -2.40. The fourth-order valence-corrected chi connectivity index (χ4v) is 3.54. The molecular weight excluding hydrogens is 337 g/mol. The van der Waals surface area contributed by atoms with Gasteiger partial charge in [0.05, 0.1) is 6.54 Å². The summed E-state index contributed by atoms with van der Waals surface area (Å²) in [4.78, 5) is 14.2. The number of carbonyl (C=O) groups excluding carboxylic acids is 1. The minimum Gasteiger partial charge on any atom is -0.332 e. The Labute approximate surface area is 141 Å². The highest BCUT2D eigenvalue weighted by Gasteiger charge is 2.39. The van der Waals surface area contributed by atoms with Crippen LogP contribution in [0.1, 0.15) is 35.6 Å². The van der Waals surface area contributed by atoms with E-state index in [0.29, 0.717) is 44.0 Å². The number of halogens is 3. The van der Waals surface area contributed by atoms with E-state index in [2.05, 4.69) is 15.3 Å². The van der Waals surface area contributed by atoms with Gasteiger partial charge in [-0.05, 0) is 25.7 Å². The minimum absolute atomic E-state index is 0.174. The lowest BCUT2D eigenvalue weighted by atomic mass is 9.95. The number of amides is 1. The molecule has 134 valence electrons. The summed E-state index contributed by atoms with van der Waals surface area (Å²) in [7, 11) is 0. The van der Waals surface area contributed by atoms with Gasteiger partial charge in [0, 0.05) is 24.3 Å². The van der Waals surface area contributed by atoms with Crippen molar-refractivity contribution >= 4 is 5.91 Å². The van der Waals surface area contributed by atoms with E-state index in [9.17, 15) is 18.0 Å². The van der Waals surface area contributed by atoms with Crippen LogP contribution in [0.3, 0.4) is 0 Å². The topological polar surface area (TPSA) is 68.8 Å². The summed E-state index contributed by atoms with van der Waals surface area (Å²) in [6.07, 6.45) is -0.451. The molecule has 3 heterocycles. The zero-order valence-electron chi connectivity index (χ0n) is 13.5. The van der Waals surface area contributed by atoms with E-state index >= 15 is 0 Å². The molecule has 1 aliphatic heterocycles. The Morgan fingerprint density at radius 2 is 2.00 bits per heavy atom. The first-order chi connectivity index (χ1) is 11.9. The molecule has 0 radical (unpaired) electrons. The van der Waals surface area contributed by atoms with Crippen LogP contribution in [0.2, 0.25) is 0 Å². The van der Waals surface area contributed by atoms with Crippen molar-refractivity contribution in [3.8, 4) is 0 Å². The number of hydrogen-bond donors (Lipinski definition) is 0. The van der Waals surface area contributed by atoms with Gasteiger partial charge >= 0.3 is 6.18 Å². The molecule has 2 aromatic heterocycles. The molecule has 0 bridgehead atoms. The summed E-state index contributed by atoms with van der Waals surface area (Å²) in [5.41, 5.74) is -0.0366. The molecule has 0 saturated heterocycles. The van der Waals surface area contributed by atoms with Crippen molar-refractivity contribution in [2.45, 2.75) is 51.5 Å². The maximum atomic E-state index is 13.2. The smallest absolute Gasteiger partial charge is 0.332 e. The van der Waals surface area contributed by atoms with Crippen LogP contribution >= 0.6 is 0 Å². The van der Waals surface area contributed by atoms with E-state index in [-0.39, 0.29) is 18.0 Å². The van der Waals surface area contributed by atoms with Crippen LogP contribution in [-0.4, -0.2) is 41.9 Å². The second kappa shape index (κ2) is 5.85. The van der Waals surface area contributed by atoms with Gasteiger partial charge in [-0.2, -0.15) is 18.3 Å². The summed E-state index contributed by atoms with van der Waals surface area (Å²) in [6, 6.07) is 0. The van der Waals surface area contributed by atoms with E-state index in [4.69, 9.17) is 0 Å². The largest absolute Gasteiger partial charge is 0.435 e. The molecule has 1 amide bonds. The summed E-state index contributed by atoms with van der Waals surface area (Å²) in [5, 5.41) is 11.5. The van der Waals surface area contributed by atoms with Crippen molar-refractivity contribution < 1.29 is 18.0 Å². The highest BCUT2D eigenvalue weighted by Crippen LogP contribution is 2.35. The number of rotatable bonds is 2. The molecule has 7 nitrogen and oxygen atoms in total. The monoisotopic (exact) mass is 354 g/mol. The summed E-state index contributed by atoms with van der Waals surface area (Å²) in [6.45, 7) is 1.21. The van der Waals surface area contributed by atoms with Gasteiger partial charge in [0.1, 0.15) is 12.9 Å². The van der Waals surface area contributed by atoms with Gasteiger partial charge in [0.2, 0.25) is 5.91 Å². The number of nitrogens with zero attached hydrogens (tertiary/aromatic N) is 6. The average molecular weight is 354 g/mol. The van der Waals surface area contributed by atoms with Crippen molar-refractivity contribution in [1.82, 2.24) is 29.4 Å². The first kappa shape index (κ1) is 16.1. The summed E-state index contributed by atoms with van der Waals surface area (Å²) in [5.74, 6) is 0.428. The van der Waals surface area contributed by atoms with Gasteiger partial charge in [0.25, 0.3) is 0 Å². The highest BCUT2D eigenvalue weighted by atomic mass is 19.4. The Balaban J connectivity index is 1.57. The van der Waals surface area contributed by atoms with Crippen LogP contribution in [0.15, 0.2) is 6.33 Å². The third-order valence-corrected chi connectivity index (χ3v) is 4.80. The number of carbonyl (C=O) groups is 1. The third-order valence-electron chi connectivity index (χ3n) is 4.80. The fraction of sp³-hybridized carbons (Fsp3) is 0.600. The van der Waals surface area contributed by atoms with Crippen LogP contribution in [0.25, 0.3) is 0 Å². The normalized spacial score (nSPS) is 17.3. The number of aromatic nitrogens is 5. The van der Waals surface area contributed by atoms with Gasteiger partial charge in [-0.1, -0.05) is 0 Å². The fourth-order valence-electron chi connectivity index (χ4n) is 3.54. The molecule has 0 saturated carbocycles. The van der Waals surface area contributed by atoms with Crippen molar-refractivity contribution in [1.29, 1.82) is 0 Å². The molecule has 0 unspecified atom stereocenters. The number of hydrogen-bond acceptors (Lipinski definition) is 4. The van der Waals surface area contributed by atoms with Gasteiger partial charge < -0.3 is 9.47 Å². The SMILES string of the molecule is O=C(Cn1nc(C(F)(F)F)c2c1CCCC2)N1CCn2cnnc2C1. The Kier molecular flexibility index (Phi) is 3.77. The van der Waals surface area contributed by atoms with Crippen LogP contribution in [0.5, 0.6) is 0 Å². The summed E-state index contributed by atoms with van der Waals surface area (Å²) >= 11 is 0. The third kappa shape index (κ3) is 2.89. The molecule has 0 spiro atoms. The maximum absolute atomic E-state index is 13.2. The first-order valence-corrected chi connectivity index (χ1v) is 8.23. The molecular formula is C15H17F3N6O. The molecule has 2 aromatic rings. The molecule has 10 heteroatoms. The van der Waals surface area contributed by atoms with Crippen molar-refractivity contribution in [3.05, 3.63) is 29.1 Å². The number of fused-ring (bicyclic) bond motifs is 2. The van der Waals surface area contributed by atoms with Crippen LogP contribution in [0, 0.1) is 0 Å². The van der Waals surface area contributed by atoms with Gasteiger partial charge in [-0.3, -0.25) is 9.48 Å². The second-order valence-corrected chi connectivity index (χ2v) is 6.39. The molecule has 4 rings (SSSR count). The van der Waals surface area contributed by atoms with Crippen molar-refractivity contribution in [2.24, 2.45) is 0 Å². The van der Waals surface area contributed by atoms with Gasteiger partial charge in [0.15, 0.2) is 11.5 Å². The maximum Gasteiger partial charge on any atom is 0.435 e. The predicted octanol–water partition coefficient (Wildman–Crippen LogP) is 1.41. The van der Waals surface area contributed by atoms with E-state index in [0.717, 1.165) is 12.8 Å². The molecule has 0 atom stereocenters. The van der Waals surface area contributed by atoms with Gasteiger partial charge in [-0.15, -0.1) is 10.2 Å². The van der Waals surface area contributed by atoms with E-state index in [1.807, 2.05) is 4.57 Å². The van der Waals surface area contributed by atoms with Gasteiger partial charge in [-0.25, -0.2) is 0 Å². The minimum atomic E-state index is -4.49. The number of alkyl halides is 3. The quantitative estimate of drug-likeness (QED) is 0.818. The Bertz CT molecular complexity index is 809. The Morgan fingerprint density at radius 1 is 1.20 bits per heavy atom. The van der Waals surface area contributed by atoms with Crippen LogP contribution < -0.4 is 0 Å². The average Bonchev–Trinajstić information content (AvgIpc) is 3.18. The van der Waals surface area contributed by atoms with Crippen LogP contribution in [0.4, 0.5) is 13.2 Å². The molecule has 25 heavy (non-hydrogen) atoms. The lowest BCUT2D eigenvalue weighted by Gasteiger charge is -2.27. The molecule has 1 aliphatic carbocycles. The molecule has 2 aliphatic rings. The second-order valence-electron chi connectivity index (χ2n) is 6.39. The first-order valence-electron chi connectivity index (χ1n) is 8.23. The Morgan fingerprint density at radius 3 is 2.80 bits per heavy atom. The van der Waals surface area contributed by atoms with E-state index < -0.39 is 11.9 Å². The highest BCUT2D eigenvalue weighted by molar-refractivity contribution is 5.76. The van der Waals surface area contributed by atoms with Crippen LogP contribution in [-0.2, 0) is 43.4 Å². The Hall–Kier alpha value is -2.39. The standard InChI is InChI=1S/C15H17F3N6O/c16-15(17,18)14-10-3-1-2-4-11(10)24(21-14)8-13(25)22-5-6-23-9-19-20-12(23)7-22/h9H,1-8H2.